The number of para-hydroxylation sites is 2. The van der Waals surface area contributed by atoms with Crippen molar-refractivity contribution in [2.24, 2.45) is 0 Å². The molecule has 2 aromatic rings. The van der Waals surface area contributed by atoms with Crippen molar-refractivity contribution in [3.8, 4) is 0 Å². The molecule has 0 atom stereocenters. The molecule has 0 aliphatic carbocycles. The van der Waals surface area contributed by atoms with E-state index in [0.717, 1.165) is 21.9 Å². The number of anilines is 3. The Morgan fingerprint density at radius 1 is 1.19 bits per heavy atom. The quantitative estimate of drug-likeness (QED) is 0.715. The fourth-order valence-electron chi connectivity index (χ4n) is 1.91. The number of nitrogens with one attached hydrogen (secondary N) is 1. The van der Waals surface area contributed by atoms with E-state index in [1.165, 1.54) is 5.69 Å². The fourth-order valence-corrected chi connectivity index (χ4v) is 3.12. The lowest BCUT2D eigenvalue weighted by Gasteiger charge is -2.18. The maximum Gasteiger partial charge on any atom is 0.114 e. The van der Waals surface area contributed by atoms with E-state index in [1.54, 1.807) is 11.3 Å². The number of fused-ring (bicyclic) bond motifs is 2. The first-order valence-corrected chi connectivity index (χ1v) is 6.33. The molecule has 1 aromatic heterocycles. The van der Waals surface area contributed by atoms with E-state index in [1.807, 2.05) is 18.2 Å². The Labute approximate surface area is 104 Å². The highest BCUT2D eigenvalue weighted by Crippen LogP contribution is 2.38. The van der Waals surface area contributed by atoms with Crippen molar-refractivity contribution >= 4 is 45.6 Å². The zero-order valence-corrected chi connectivity index (χ0v) is 10.4. The molecule has 0 unspecified atom stereocenters. The first kappa shape index (κ1) is 9.81. The third-order valence-electron chi connectivity index (χ3n) is 2.76. The van der Waals surface area contributed by atoms with Crippen LogP contribution in [-0.2, 0) is 0 Å². The maximum atomic E-state index is 5.40. The van der Waals surface area contributed by atoms with Crippen LogP contribution in [0.2, 0.25) is 0 Å². The molecule has 1 aromatic carbocycles. The van der Waals surface area contributed by atoms with Gasteiger partial charge < -0.3 is 10.2 Å². The normalized spacial score (nSPS) is 13.8. The van der Waals surface area contributed by atoms with E-state index >= 15 is 0 Å². The van der Waals surface area contributed by atoms with Crippen molar-refractivity contribution in [3.63, 3.8) is 0 Å². The van der Waals surface area contributed by atoms with Crippen LogP contribution in [0.4, 0.5) is 17.1 Å². The van der Waals surface area contributed by atoms with Gasteiger partial charge >= 0.3 is 0 Å². The summed E-state index contributed by atoms with van der Waals surface area (Å²) in [6.07, 6.45) is 0. The molecule has 0 fully saturated rings. The van der Waals surface area contributed by atoms with Crippen LogP contribution in [-0.4, -0.2) is 12.0 Å². The van der Waals surface area contributed by atoms with Crippen LogP contribution >= 0.6 is 23.6 Å². The summed E-state index contributed by atoms with van der Waals surface area (Å²) in [7, 11) is 2.07. The second kappa shape index (κ2) is 3.57. The molecule has 0 amide bonds. The molecule has 0 spiro atoms. The van der Waals surface area contributed by atoms with Gasteiger partial charge in [0, 0.05) is 23.4 Å². The second-order valence-corrected chi connectivity index (χ2v) is 4.85. The van der Waals surface area contributed by atoms with Crippen molar-refractivity contribution in [3.05, 3.63) is 40.6 Å². The van der Waals surface area contributed by atoms with Crippen LogP contribution in [0.15, 0.2) is 35.0 Å². The number of thiophene rings is 1. The van der Waals surface area contributed by atoms with Gasteiger partial charge in [-0.25, -0.2) is 0 Å². The van der Waals surface area contributed by atoms with Crippen LogP contribution in [0.25, 0.3) is 0 Å². The van der Waals surface area contributed by atoms with Crippen LogP contribution in [0.3, 0.4) is 0 Å². The van der Waals surface area contributed by atoms with Gasteiger partial charge in [0.25, 0.3) is 0 Å². The Kier molecular flexibility index (Phi) is 2.19. The third-order valence-corrected chi connectivity index (χ3v) is 3.81. The summed E-state index contributed by atoms with van der Waals surface area (Å²) in [5.74, 6) is 0. The first-order chi connectivity index (χ1) is 7.77. The van der Waals surface area contributed by atoms with Crippen LogP contribution in [0.5, 0.6) is 0 Å². The lowest BCUT2D eigenvalue weighted by atomic mass is 10.2. The average Bonchev–Trinajstić information content (AvgIpc) is 2.74. The van der Waals surface area contributed by atoms with E-state index in [0.29, 0.717) is 0 Å². The van der Waals surface area contributed by atoms with Crippen molar-refractivity contribution in [2.45, 2.75) is 0 Å². The minimum Gasteiger partial charge on any atom is -0.344 e. The van der Waals surface area contributed by atoms with Gasteiger partial charge in [0.2, 0.25) is 0 Å². The van der Waals surface area contributed by atoms with Gasteiger partial charge in [0.05, 0.1) is 17.1 Å². The Hall–Kier alpha value is -1.39. The van der Waals surface area contributed by atoms with Gasteiger partial charge in [-0.2, -0.15) is 0 Å². The number of rotatable bonds is 0. The van der Waals surface area contributed by atoms with Gasteiger partial charge in [0.1, 0.15) is 4.99 Å². The first-order valence-electron chi connectivity index (χ1n) is 4.97. The highest BCUT2D eigenvalue weighted by atomic mass is 32.1. The zero-order chi connectivity index (χ0) is 11.1. The number of thiocarbonyl (C=S) groups is 1. The highest BCUT2D eigenvalue weighted by molar-refractivity contribution is 7.81. The van der Waals surface area contributed by atoms with Crippen LogP contribution in [0, 0.1) is 0 Å². The Morgan fingerprint density at radius 3 is 2.88 bits per heavy atom. The smallest absolute Gasteiger partial charge is 0.114 e. The van der Waals surface area contributed by atoms with E-state index in [2.05, 4.69) is 34.1 Å². The molecule has 1 aliphatic rings. The molecule has 0 radical (unpaired) electrons. The Bertz CT molecular complexity index is 560. The number of hydrogen-bond acceptors (Lipinski definition) is 3. The number of hydrogen-bond donors (Lipinski definition) is 1. The third kappa shape index (κ3) is 1.34. The van der Waals surface area contributed by atoms with Crippen molar-refractivity contribution in [1.82, 2.24) is 0 Å². The molecule has 3 rings (SSSR count). The van der Waals surface area contributed by atoms with E-state index in [9.17, 15) is 0 Å². The summed E-state index contributed by atoms with van der Waals surface area (Å²) in [4.78, 5) is 2.97. The Balaban J connectivity index is 2.25. The van der Waals surface area contributed by atoms with E-state index in [4.69, 9.17) is 12.2 Å². The minimum atomic E-state index is 0.799. The predicted octanol–water partition coefficient (Wildman–Crippen LogP) is 3.62. The molecule has 0 bridgehead atoms. The molecule has 0 saturated carbocycles. The van der Waals surface area contributed by atoms with Crippen molar-refractivity contribution in [2.75, 3.05) is 17.3 Å². The number of benzene rings is 1. The summed E-state index contributed by atoms with van der Waals surface area (Å²) in [6.45, 7) is 0. The fraction of sp³-hybridized carbons (Fsp3) is 0.0833. The molecule has 0 saturated heterocycles. The monoisotopic (exact) mass is 246 g/mol. The maximum absolute atomic E-state index is 5.40. The SMILES string of the molecule is CN1c2ccccc2NC(=S)c2cscc21. The summed E-state index contributed by atoms with van der Waals surface area (Å²) >= 11 is 7.08. The Morgan fingerprint density at radius 2 is 2.00 bits per heavy atom. The summed E-state index contributed by atoms with van der Waals surface area (Å²) in [5, 5.41) is 7.51. The molecule has 2 heterocycles. The van der Waals surface area contributed by atoms with Gasteiger partial charge in [-0.15, -0.1) is 11.3 Å². The van der Waals surface area contributed by atoms with E-state index in [-0.39, 0.29) is 0 Å². The molecule has 1 aliphatic heterocycles. The minimum absolute atomic E-state index is 0.799. The molecular formula is C12H10N2S2. The van der Waals surface area contributed by atoms with Gasteiger partial charge in [0.15, 0.2) is 0 Å². The van der Waals surface area contributed by atoms with Crippen molar-refractivity contribution < 1.29 is 0 Å². The topological polar surface area (TPSA) is 15.3 Å². The van der Waals surface area contributed by atoms with Gasteiger partial charge in [-0.05, 0) is 12.1 Å². The van der Waals surface area contributed by atoms with Crippen molar-refractivity contribution in [1.29, 1.82) is 0 Å². The molecule has 4 heteroatoms. The number of nitrogens with zero attached hydrogens (tertiary/aromatic N) is 1. The van der Waals surface area contributed by atoms with Gasteiger partial charge in [-0.3, -0.25) is 0 Å². The highest BCUT2D eigenvalue weighted by Gasteiger charge is 2.20. The molecular weight excluding hydrogens is 236 g/mol. The second-order valence-electron chi connectivity index (χ2n) is 3.70. The molecule has 80 valence electrons. The summed E-state index contributed by atoms with van der Waals surface area (Å²) in [6, 6.07) is 8.20. The zero-order valence-electron chi connectivity index (χ0n) is 8.73. The standard InChI is InChI=1S/C12H10N2S2/c1-14-10-5-3-2-4-9(10)13-12(15)8-6-16-7-11(8)14/h2-7H,1H3,(H,13,15). The molecule has 1 N–H and O–H groups in total. The lowest BCUT2D eigenvalue weighted by molar-refractivity contribution is 1.23. The summed E-state index contributed by atoms with van der Waals surface area (Å²) < 4.78 is 0. The van der Waals surface area contributed by atoms with Gasteiger partial charge in [-0.1, -0.05) is 24.4 Å². The molecule has 16 heavy (non-hydrogen) atoms. The summed E-state index contributed by atoms with van der Waals surface area (Å²) in [5.41, 5.74) is 4.50. The van der Waals surface area contributed by atoms with Crippen LogP contribution in [0.1, 0.15) is 5.56 Å². The largest absolute Gasteiger partial charge is 0.344 e. The average molecular weight is 246 g/mol. The molecule has 2 nitrogen and oxygen atoms in total. The predicted molar refractivity (Wildman–Crippen MR) is 74.1 cm³/mol. The lowest BCUT2D eigenvalue weighted by Crippen LogP contribution is -2.09. The van der Waals surface area contributed by atoms with E-state index < -0.39 is 0 Å². The van der Waals surface area contributed by atoms with Crippen LogP contribution < -0.4 is 10.2 Å².